The minimum atomic E-state index is 1.07. The first-order chi connectivity index (χ1) is 17.7. The summed E-state index contributed by atoms with van der Waals surface area (Å²) in [5, 5.41) is 6.15. The Hall–Kier alpha value is -4.14. The molecule has 1 nitrogen and oxygen atoms in total. The number of anilines is 2. The third-order valence-corrected chi connectivity index (χ3v) is 7.60. The summed E-state index contributed by atoms with van der Waals surface area (Å²) in [5.41, 5.74) is 12.4. The van der Waals surface area contributed by atoms with Gasteiger partial charge in [-0.15, -0.1) is 0 Å². The lowest BCUT2D eigenvalue weighted by molar-refractivity contribution is 1.53. The van der Waals surface area contributed by atoms with Gasteiger partial charge in [0.25, 0.3) is 0 Å². The fraction of sp³-hybridized carbons (Fsp3) is 0. The van der Waals surface area contributed by atoms with Gasteiger partial charge in [-0.2, -0.15) is 0 Å². The molecule has 7 rings (SSSR count). The molecular formula is C34H22BrN. The molecule has 0 atom stereocenters. The van der Waals surface area contributed by atoms with E-state index in [0.29, 0.717) is 0 Å². The molecular weight excluding hydrogens is 502 g/mol. The molecule has 0 amide bonds. The van der Waals surface area contributed by atoms with E-state index in [-0.39, 0.29) is 0 Å². The molecule has 36 heavy (non-hydrogen) atoms. The van der Waals surface area contributed by atoms with Gasteiger partial charge in [0.1, 0.15) is 0 Å². The Labute approximate surface area is 219 Å². The van der Waals surface area contributed by atoms with Gasteiger partial charge in [-0.25, -0.2) is 0 Å². The van der Waals surface area contributed by atoms with E-state index in [0.717, 1.165) is 15.8 Å². The number of halogens is 1. The van der Waals surface area contributed by atoms with Gasteiger partial charge < -0.3 is 5.32 Å². The maximum absolute atomic E-state index is 3.49. The van der Waals surface area contributed by atoms with Crippen LogP contribution in [0.3, 0.4) is 0 Å². The minimum Gasteiger partial charge on any atom is -0.356 e. The monoisotopic (exact) mass is 523 g/mol. The second-order valence-corrected chi connectivity index (χ2v) is 10.1. The molecule has 0 unspecified atom stereocenters. The second-order valence-electron chi connectivity index (χ2n) is 9.22. The van der Waals surface area contributed by atoms with Gasteiger partial charge in [-0.3, -0.25) is 0 Å². The van der Waals surface area contributed by atoms with E-state index in [1.807, 2.05) is 12.1 Å². The van der Waals surface area contributed by atoms with Gasteiger partial charge in [0.05, 0.1) is 0 Å². The van der Waals surface area contributed by atoms with Crippen molar-refractivity contribution >= 4 is 38.1 Å². The van der Waals surface area contributed by atoms with Crippen molar-refractivity contribution in [1.29, 1.82) is 0 Å². The van der Waals surface area contributed by atoms with Crippen LogP contribution in [-0.2, 0) is 0 Å². The number of hydrogen-bond acceptors (Lipinski definition) is 1. The molecule has 1 aliphatic rings. The molecule has 1 N–H and O–H groups in total. The van der Waals surface area contributed by atoms with E-state index in [4.69, 9.17) is 0 Å². The minimum absolute atomic E-state index is 1.07. The van der Waals surface area contributed by atoms with Gasteiger partial charge in [0, 0.05) is 15.8 Å². The van der Waals surface area contributed by atoms with Crippen molar-refractivity contribution in [1.82, 2.24) is 0 Å². The van der Waals surface area contributed by atoms with Gasteiger partial charge in [-0.05, 0) is 97.7 Å². The fourth-order valence-corrected chi connectivity index (χ4v) is 5.64. The first-order valence-electron chi connectivity index (χ1n) is 12.1. The average Bonchev–Trinajstić information content (AvgIpc) is 3.26. The highest BCUT2D eigenvalue weighted by atomic mass is 79.9. The van der Waals surface area contributed by atoms with Crippen LogP contribution in [0, 0.1) is 0 Å². The lowest BCUT2D eigenvalue weighted by atomic mass is 9.92. The maximum atomic E-state index is 3.49. The lowest BCUT2D eigenvalue weighted by Gasteiger charge is -2.12. The quantitative estimate of drug-likeness (QED) is 0.242. The second kappa shape index (κ2) is 8.51. The first-order valence-corrected chi connectivity index (χ1v) is 12.9. The Morgan fingerprint density at radius 1 is 0.417 bits per heavy atom. The Bertz CT molecular complexity index is 1720. The molecule has 0 saturated carbocycles. The molecule has 0 bridgehead atoms. The molecule has 1 aliphatic carbocycles. The zero-order valence-electron chi connectivity index (χ0n) is 19.5. The highest BCUT2D eigenvalue weighted by molar-refractivity contribution is 9.10. The Balaban J connectivity index is 1.25. The van der Waals surface area contributed by atoms with E-state index >= 15 is 0 Å². The molecule has 0 spiro atoms. The summed E-state index contributed by atoms with van der Waals surface area (Å²) < 4.78 is 1.08. The van der Waals surface area contributed by atoms with Crippen LogP contribution in [-0.4, -0.2) is 0 Å². The van der Waals surface area contributed by atoms with Crippen molar-refractivity contribution in [3.63, 3.8) is 0 Å². The van der Waals surface area contributed by atoms with Crippen molar-refractivity contribution in [2.75, 3.05) is 5.32 Å². The molecule has 0 fully saturated rings. The average molecular weight is 524 g/mol. The number of fused-ring (bicyclic) bond motifs is 3. The number of nitrogens with one attached hydrogen (secondary N) is 1. The molecule has 6 aromatic rings. The third-order valence-electron chi connectivity index (χ3n) is 7.07. The number of hydrogen-bond donors (Lipinski definition) is 1. The first kappa shape index (κ1) is 21.2. The normalized spacial score (nSPS) is 11.5. The smallest absolute Gasteiger partial charge is 0.0384 e. The summed E-state index contributed by atoms with van der Waals surface area (Å²) in [7, 11) is 0. The van der Waals surface area contributed by atoms with Crippen LogP contribution in [0.15, 0.2) is 132 Å². The summed E-state index contributed by atoms with van der Waals surface area (Å²) in [5.74, 6) is 0. The van der Waals surface area contributed by atoms with E-state index in [1.54, 1.807) is 0 Å². The van der Waals surface area contributed by atoms with Crippen molar-refractivity contribution in [3.05, 3.63) is 132 Å². The van der Waals surface area contributed by atoms with Crippen LogP contribution in [0.5, 0.6) is 0 Å². The predicted octanol–water partition coefficient (Wildman–Crippen LogP) is 10.3. The Kier molecular flexibility index (Phi) is 5.00. The highest BCUT2D eigenvalue weighted by Gasteiger charge is 2.22. The van der Waals surface area contributed by atoms with Crippen molar-refractivity contribution in [3.8, 4) is 44.5 Å². The van der Waals surface area contributed by atoms with E-state index in [2.05, 4.69) is 137 Å². The zero-order chi connectivity index (χ0) is 24.1. The van der Waals surface area contributed by atoms with Crippen LogP contribution in [0.1, 0.15) is 0 Å². The summed E-state index contributed by atoms with van der Waals surface area (Å²) in [6.07, 6.45) is 0. The zero-order valence-corrected chi connectivity index (χ0v) is 21.1. The molecule has 6 aromatic carbocycles. The summed E-state index contributed by atoms with van der Waals surface area (Å²) in [6, 6.07) is 45.8. The van der Waals surface area contributed by atoms with Gasteiger partial charge in [0.2, 0.25) is 0 Å². The molecule has 0 radical (unpaired) electrons. The number of rotatable bonds is 4. The van der Waals surface area contributed by atoms with E-state index in [1.165, 1.54) is 55.3 Å². The Morgan fingerprint density at radius 3 is 1.75 bits per heavy atom. The van der Waals surface area contributed by atoms with E-state index in [9.17, 15) is 0 Å². The van der Waals surface area contributed by atoms with Crippen LogP contribution >= 0.6 is 15.9 Å². The standard InChI is InChI=1S/C34H22BrN/c35-25-13-17-27(18-14-25)36-26-15-11-22(12-16-26)23-5-3-6-24(21-23)28-19-20-33-30-8-2-1-7-29(30)32-10-4-9-31(28)34(32)33/h1-21,36H. The molecule has 0 saturated heterocycles. The fourth-order valence-electron chi connectivity index (χ4n) is 5.37. The van der Waals surface area contributed by atoms with Crippen molar-refractivity contribution in [2.24, 2.45) is 0 Å². The molecule has 0 heterocycles. The van der Waals surface area contributed by atoms with Gasteiger partial charge in [0.15, 0.2) is 0 Å². The molecule has 2 heteroatoms. The largest absolute Gasteiger partial charge is 0.356 e. The summed E-state index contributed by atoms with van der Waals surface area (Å²) in [6.45, 7) is 0. The van der Waals surface area contributed by atoms with Gasteiger partial charge in [-0.1, -0.05) is 101 Å². The summed E-state index contributed by atoms with van der Waals surface area (Å²) in [4.78, 5) is 0. The predicted molar refractivity (Wildman–Crippen MR) is 157 cm³/mol. The molecule has 0 aromatic heterocycles. The SMILES string of the molecule is Brc1ccc(Nc2ccc(-c3cccc(-c4ccc5c6c(cccc46)-c4ccccc4-5)c3)cc2)cc1. The van der Waals surface area contributed by atoms with Gasteiger partial charge >= 0.3 is 0 Å². The van der Waals surface area contributed by atoms with Crippen LogP contribution in [0.25, 0.3) is 55.3 Å². The van der Waals surface area contributed by atoms with Crippen LogP contribution < -0.4 is 5.32 Å². The lowest BCUT2D eigenvalue weighted by Crippen LogP contribution is -1.90. The van der Waals surface area contributed by atoms with Crippen LogP contribution in [0.4, 0.5) is 11.4 Å². The van der Waals surface area contributed by atoms with Crippen molar-refractivity contribution < 1.29 is 0 Å². The topological polar surface area (TPSA) is 12.0 Å². The summed E-state index contributed by atoms with van der Waals surface area (Å²) >= 11 is 3.49. The van der Waals surface area contributed by atoms with Crippen LogP contribution in [0.2, 0.25) is 0 Å². The molecule has 0 aliphatic heterocycles. The Morgan fingerprint density at radius 2 is 1.00 bits per heavy atom. The number of benzene rings is 6. The highest BCUT2D eigenvalue weighted by Crippen LogP contribution is 2.49. The molecule has 170 valence electrons. The van der Waals surface area contributed by atoms with Crippen molar-refractivity contribution in [2.45, 2.75) is 0 Å². The third kappa shape index (κ3) is 3.54. The van der Waals surface area contributed by atoms with E-state index < -0.39 is 0 Å². The maximum Gasteiger partial charge on any atom is 0.0384 e.